The van der Waals surface area contributed by atoms with E-state index in [1.165, 1.54) is 11.0 Å². The van der Waals surface area contributed by atoms with Crippen LogP contribution in [0.2, 0.25) is 0 Å². The van der Waals surface area contributed by atoms with Crippen LogP contribution in [0.3, 0.4) is 0 Å². The van der Waals surface area contributed by atoms with Gasteiger partial charge in [0.1, 0.15) is 0 Å². The Morgan fingerprint density at radius 1 is 1.39 bits per heavy atom. The third kappa shape index (κ3) is 3.34. The van der Waals surface area contributed by atoms with Gasteiger partial charge in [-0.05, 0) is 30.4 Å². The summed E-state index contributed by atoms with van der Waals surface area (Å²) < 4.78 is 11.6. The number of likely N-dealkylation sites (N-methyl/N-ethyl adjacent to an activating group) is 1. The van der Waals surface area contributed by atoms with E-state index in [-0.39, 0.29) is 7.12 Å². The molecular weight excluding hydrogens is 225 g/mol. The van der Waals surface area contributed by atoms with Crippen molar-refractivity contribution in [3.05, 3.63) is 29.8 Å². The lowest BCUT2D eigenvalue weighted by Crippen LogP contribution is -2.39. The van der Waals surface area contributed by atoms with Gasteiger partial charge in [0.25, 0.3) is 0 Å². The molecule has 0 saturated heterocycles. The molecule has 4 heteroatoms. The molecule has 0 amide bonds. The van der Waals surface area contributed by atoms with Crippen LogP contribution in [-0.2, 0) is 15.9 Å². The molecule has 1 N–H and O–H groups in total. The SMILES string of the molecule is CNC(COB1OCc2ccccc21)CC(C)C. The summed E-state index contributed by atoms with van der Waals surface area (Å²) in [4.78, 5) is 0. The molecule has 1 heterocycles. The Balaban J connectivity index is 1.88. The van der Waals surface area contributed by atoms with E-state index >= 15 is 0 Å². The molecule has 0 fully saturated rings. The minimum Gasteiger partial charge on any atom is -0.406 e. The van der Waals surface area contributed by atoms with Crippen LogP contribution in [0.15, 0.2) is 24.3 Å². The highest BCUT2D eigenvalue weighted by atomic mass is 16.6. The van der Waals surface area contributed by atoms with Crippen LogP contribution in [0, 0.1) is 5.92 Å². The first-order chi connectivity index (χ1) is 8.70. The van der Waals surface area contributed by atoms with E-state index in [1.807, 2.05) is 19.2 Å². The lowest BCUT2D eigenvalue weighted by atomic mass is 9.79. The summed E-state index contributed by atoms with van der Waals surface area (Å²) in [5.74, 6) is 0.669. The van der Waals surface area contributed by atoms with Crippen molar-refractivity contribution in [2.24, 2.45) is 5.92 Å². The molecule has 1 unspecified atom stereocenters. The molecule has 2 rings (SSSR count). The summed E-state index contributed by atoms with van der Waals surface area (Å²) in [5, 5.41) is 3.30. The highest BCUT2D eigenvalue weighted by Gasteiger charge is 2.30. The van der Waals surface area contributed by atoms with Gasteiger partial charge in [0.15, 0.2) is 0 Å². The van der Waals surface area contributed by atoms with Gasteiger partial charge in [-0.1, -0.05) is 38.1 Å². The van der Waals surface area contributed by atoms with Crippen LogP contribution in [-0.4, -0.2) is 26.8 Å². The molecule has 0 saturated carbocycles. The summed E-state index contributed by atoms with van der Waals surface area (Å²) in [6.07, 6.45) is 1.12. The van der Waals surface area contributed by atoms with Gasteiger partial charge in [0.2, 0.25) is 0 Å². The summed E-state index contributed by atoms with van der Waals surface area (Å²) in [6.45, 7) is 5.81. The average molecular weight is 247 g/mol. The van der Waals surface area contributed by atoms with E-state index < -0.39 is 0 Å². The first kappa shape index (κ1) is 13.6. The van der Waals surface area contributed by atoms with Gasteiger partial charge >= 0.3 is 7.12 Å². The van der Waals surface area contributed by atoms with Gasteiger partial charge in [-0.25, -0.2) is 0 Å². The zero-order chi connectivity index (χ0) is 13.0. The van der Waals surface area contributed by atoms with Crippen LogP contribution >= 0.6 is 0 Å². The molecule has 1 aromatic rings. The third-order valence-corrected chi connectivity index (χ3v) is 3.31. The number of fused-ring (bicyclic) bond motifs is 1. The molecule has 0 radical (unpaired) electrons. The highest BCUT2D eigenvalue weighted by molar-refractivity contribution is 6.62. The van der Waals surface area contributed by atoms with Crippen LogP contribution < -0.4 is 10.8 Å². The van der Waals surface area contributed by atoms with Gasteiger partial charge in [-0.15, -0.1) is 0 Å². The number of hydrogen-bond donors (Lipinski definition) is 1. The van der Waals surface area contributed by atoms with Gasteiger partial charge < -0.3 is 14.6 Å². The lowest BCUT2D eigenvalue weighted by Gasteiger charge is -2.19. The fourth-order valence-electron chi connectivity index (χ4n) is 2.33. The Morgan fingerprint density at radius 3 is 2.89 bits per heavy atom. The topological polar surface area (TPSA) is 30.5 Å². The van der Waals surface area contributed by atoms with Crippen molar-refractivity contribution < 1.29 is 9.31 Å². The molecular formula is C14H22BNO2. The van der Waals surface area contributed by atoms with E-state index in [2.05, 4.69) is 31.3 Å². The van der Waals surface area contributed by atoms with Crippen LogP contribution in [0.1, 0.15) is 25.8 Å². The Labute approximate surface area is 110 Å². The maximum Gasteiger partial charge on any atom is 0.494 e. The van der Waals surface area contributed by atoms with Crippen molar-refractivity contribution in [1.82, 2.24) is 5.32 Å². The smallest absolute Gasteiger partial charge is 0.406 e. The van der Waals surface area contributed by atoms with Crippen LogP contribution in [0.4, 0.5) is 0 Å². The van der Waals surface area contributed by atoms with Crippen LogP contribution in [0.25, 0.3) is 0 Å². The van der Waals surface area contributed by atoms with E-state index in [9.17, 15) is 0 Å². The average Bonchev–Trinajstić information content (AvgIpc) is 2.77. The largest absolute Gasteiger partial charge is 0.494 e. The molecule has 1 aliphatic heterocycles. The number of benzene rings is 1. The van der Waals surface area contributed by atoms with Crippen molar-refractivity contribution in [2.45, 2.75) is 32.9 Å². The molecule has 0 aromatic heterocycles. The van der Waals surface area contributed by atoms with Crippen LogP contribution in [0.5, 0.6) is 0 Å². The molecule has 18 heavy (non-hydrogen) atoms. The predicted octanol–water partition coefficient (Wildman–Crippen LogP) is 1.56. The van der Waals surface area contributed by atoms with E-state index in [4.69, 9.17) is 9.31 Å². The normalized spacial score (nSPS) is 16.1. The molecule has 1 aliphatic rings. The van der Waals surface area contributed by atoms with E-state index in [0.717, 1.165) is 6.42 Å². The fourth-order valence-corrected chi connectivity index (χ4v) is 2.33. The number of hydrogen-bond acceptors (Lipinski definition) is 3. The number of nitrogens with one attached hydrogen (secondary N) is 1. The van der Waals surface area contributed by atoms with E-state index in [0.29, 0.717) is 25.2 Å². The summed E-state index contributed by atoms with van der Waals surface area (Å²) in [7, 11) is 1.80. The summed E-state index contributed by atoms with van der Waals surface area (Å²) >= 11 is 0. The second-order valence-electron chi connectivity index (χ2n) is 5.29. The van der Waals surface area contributed by atoms with Gasteiger partial charge in [-0.3, -0.25) is 0 Å². The Morgan fingerprint density at radius 2 is 2.17 bits per heavy atom. The van der Waals surface area contributed by atoms with Crippen molar-refractivity contribution in [2.75, 3.05) is 13.7 Å². The lowest BCUT2D eigenvalue weighted by molar-refractivity contribution is 0.185. The predicted molar refractivity (Wildman–Crippen MR) is 74.9 cm³/mol. The standard InChI is InChI=1S/C14H22BNO2/c1-11(2)8-13(16-3)10-18-15-14-7-5-4-6-12(14)9-17-15/h4-7,11,13,16H,8-10H2,1-3H3. The second-order valence-corrected chi connectivity index (χ2v) is 5.29. The Kier molecular flexibility index (Phi) is 4.81. The molecule has 0 spiro atoms. The zero-order valence-corrected chi connectivity index (χ0v) is 11.5. The Hall–Kier alpha value is -0.835. The third-order valence-electron chi connectivity index (χ3n) is 3.31. The molecule has 0 aliphatic carbocycles. The van der Waals surface area contributed by atoms with Crippen molar-refractivity contribution in [3.63, 3.8) is 0 Å². The van der Waals surface area contributed by atoms with Crippen molar-refractivity contribution >= 4 is 12.6 Å². The molecule has 3 nitrogen and oxygen atoms in total. The first-order valence-electron chi connectivity index (χ1n) is 6.69. The van der Waals surface area contributed by atoms with Gasteiger partial charge in [0, 0.05) is 12.6 Å². The maximum absolute atomic E-state index is 5.90. The minimum atomic E-state index is -0.191. The van der Waals surface area contributed by atoms with Crippen molar-refractivity contribution in [3.8, 4) is 0 Å². The maximum atomic E-state index is 5.90. The monoisotopic (exact) mass is 247 g/mol. The quantitative estimate of drug-likeness (QED) is 0.774. The zero-order valence-electron chi connectivity index (χ0n) is 11.5. The minimum absolute atomic E-state index is 0.191. The summed E-state index contributed by atoms with van der Waals surface area (Å²) in [6, 6.07) is 8.65. The van der Waals surface area contributed by atoms with Crippen molar-refractivity contribution in [1.29, 1.82) is 0 Å². The van der Waals surface area contributed by atoms with Gasteiger partial charge in [0.05, 0.1) is 6.61 Å². The first-order valence-corrected chi connectivity index (χ1v) is 6.69. The molecule has 1 atom stereocenters. The fraction of sp³-hybridized carbons (Fsp3) is 0.571. The van der Waals surface area contributed by atoms with Gasteiger partial charge in [-0.2, -0.15) is 0 Å². The summed E-state index contributed by atoms with van der Waals surface area (Å²) in [5.41, 5.74) is 2.42. The molecule has 1 aromatic carbocycles. The molecule has 98 valence electrons. The van der Waals surface area contributed by atoms with E-state index in [1.54, 1.807) is 0 Å². The highest BCUT2D eigenvalue weighted by Crippen LogP contribution is 2.12. The molecule has 0 bridgehead atoms. The Bertz CT molecular complexity index is 384. The number of rotatable bonds is 6. The second kappa shape index (κ2) is 6.37.